The fourth-order valence-electron chi connectivity index (χ4n) is 20.4. The van der Waals surface area contributed by atoms with Gasteiger partial charge in [0.15, 0.2) is 23.3 Å². The van der Waals surface area contributed by atoms with Crippen molar-refractivity contribution in [3.63, 3.8) is 0 Å². The van der Waals surface area contributed by atoms with Gasteiger partial charge in [-0.2, -0.15) is 19.9 Å². The predicted octanol–water partition coefficient (Wildman–Crippen LogP) is 28.7. The highest BCUT2D eigenvalue weighted by molar-refractivity contribution is 6.13. The average molecular weight is 1750 g/mol. The molecule has 8 heteroatoms. The minimum atomic E-state index is -0.336. The molecule has 0 fully saturated rings. The van der Waals surface area contributed by atoms with Gasteiger partial charge >= 0.3 is 0 Å². The van der Waals surface area contributed by atoms with E-state index in [0.29, 0.717) is 79.7 Å². The molecule has 640 valence electrons. The highest BCUT2D eigenvalue weighted by atomic mass is 15.2. The van der Waals surface area contributed by atoms with Gasteiger partial charge in [0.1, 0.15) is 0 Å². The van der Waals surface area contributed by atoms with E-state index in [-0.39, 0.29) is 10.8 Å². The predicted molar refractivity (Wildman–Crippen MR) is 567 cm³/mol. The summed E-state index contributed by atoms with van der Waals surface area (Å²) < 4.78 is 4.41. The van der Waals surface area contributed by atoms with Crippen molar-refractivity contribution in [3.05, 3.63) is 431 Å². The van der Waals surface area contributed by atoms with Crippen LogP contribution in [0.1, 0.15) is 94.5 Å². The van der Waals surface area contributed by atoms with Gasteiger partial charge in [-0.3, -0.25) is 9.13 Å². The van der Waals surface area contributed by atoms with Crippen LogP contribution in [0.3, 0.4) is 0 Å². The molecule has 8 nitrogen and oxygen atoms in total. The van der Waals surface area contributed by atoms with Crippen LogP contribution < -0.4 is 0 Å². The lowest BCUT2D eigenvalue weighted by atomic mass is 9.81. The molecule has 0 spiro atoms. The number of para-hydroxylation sites is 2. The van der Waals surface area contributed by atoms with E-state index in [1.54, 1.807) is 0 Å². The Kier molecular flexibility index (Phi) is 20.9. The Morgan fingerprint density at radius 1 is 0.188 bits per heavy atom. The van der Waals surface area contributed by atoms with Crippen LogP contribution in [0.4, 0.5) is 0 Å². The molecule has 4 aromatic heterocycles. The van der Waals surface area contributed by atoms with E-state index in [9.17, 15) is 0 Å². The largest absolute Gasteiger partial charge is 0.278 e. The first kappa shape index (κ1) is 84.4. The number of hydrogen-bond donors (Lipinski definition) is 0. The Balaban J connectivity index is 0.000000160. The number of terminal acetylenes is 8. The van der Waals surface area contributed by atoms with E-state index in [4.69, 9.17) is 81.3 Å². The molecule has 17 aromatic carbocycles. The lowest BCUT2D eigenvalue weighted by Gasteiger charge is -2.22. The summed E-state index contributed by atoms with van der Waals surface area (Å²) in [5.41, 5.74) is 35.4. The Bertz CT molecular complexity index is 8960. The van der Waals surface area contributed by atoms with Gasteiger partial charge in [-0.25, -0.2) is 9.97 Å². The SMILES string of the molecule is C#Cc1cccc(-c2cc(-c3cccc(-c4nc(-c5ccccc5)nc(-n5c6ccccc6c6cc7c(cc65)C(C)(C)c5ccccc5-7)n4)c3)cc(-c3cccc(C#C)c3C#C)c2)c1C#C.C#Cc1cccc(-c2ccc(-c3cccc(-c4ccc5c(c4)C(C)(C)c4cc6c(cc4-5)c4ccccc4n6-c4nc(-c5ccccc5)nc(-c5ccccc5)n4)c3)cc2-c2cccc(C#C)c2C#C)c1C#C. The number of rotatable bonds is 13. The molecule has 0 atom stereocenters. The number of nitrogens with zero attached hydrogens (tertiary/aromatic N) is 8. The van der Waals surface area contributed by atoms with Crippen LogP contribution in [-0.4, -0.2) is 39.0 Å². The van der Waals surface area contributed by atoms with Crippen LogP contribution in [0.15, 0.2) is 364 Å². The molecule has 0 unspecified atom stereocenters. The van der Waals surface area contributed by atoms with Crippen molar-refractivity contribution in [1.29, 1.82) is 0 Å². The number of aromatic nitrogens is 8. The van der Waals surface area contributed by atoms with Crippen molar-refractivity contribution in [3.8, 4) is 256 Å². The van der Waals surface area contributed by atoms with Crippen LogP contribution >= 0.6 is 0 Å². The Hall–Kier alpha value is -19.2. The van der Waals surface area contributed by atoms with Gasteiger partial charge in [-0.1, -0.05) is 336 Å². The van der Waals surface area contributed by atoms with Crippen LogP contribution in [-0.2, 0) is 10.8 Å². The molecular formula is C130H80N8. The Morgan fingerprint density at radius 2 is 0.500 bits per heavy atom. The zero-order valence-corrected chi connectivity index (χ0v) is 75.8. The van der Waals surface area contributed by atoms with Crippen molar-refractivity contribution >= 4 is 43.6 Å². The van der Waals surface area contributed by atoms with Gasteiger partial charge in [0, 0.05) is 99.1 Å². The summed E-state index contributed by atoms with van der Waals surface area (Å²) in [5.74, 6) is 26.0. The second kappa shape index (κ2) is 34.2. The number of benzene rings is 17. The molecule has 2 aliphatic rings. The summed E-state index contributed by atoms with van der Waals surface area (Å²) in [6.45, 7) is 9.27. The molecule has 4 heterocycles. The third-order valence-electron chi connectivity index (χ3n) is 27.2. The molecule has 23 rings (SSSR count). The van der Waals surface area contributed by atoms with Crippen molar-refractivity contribution < 1.29 is 0 Å². The maximum atomic E-state index is 6.18. The summed E-state index contributed by atoms with van der Waals surface area (Å²) >= 11 is 0. The van der Waals surface area contributed by atoms with E-state index < -0.39 is 0 Å². The standard InChI is InChI=1S/C68H42N4.C62H38N4/c1-7-43-26-20-31-53(51(43)9-3)55-36-34-49(39-58(55)54-32-21-27-44(8-2)52(54)10-4)47-28-19-29-48(38-47)50-35-37-56-59-41-60-57-30-17-18-33-63(57)72(64(60)42-62(59)68(5,6)61(56)40-50)67-70-65(45-22-13-11-14-23-45)69-66(71-67)46-24-15-12-16-25-46;1-7-39-23-19-29-49(47(39)9-3)45-34-44(35-46(36-45)50-30-20-24-40(8-2)48(50)10-4)42-25-18-26-43(33-42)60-63-59(41-21-12-11-13-22-41)64-61(65-60)66-57-32-17-15-28-52(57)54-37-53-51-27-14-16-31-55(51)62(5,6)56(53)38-58(54)66/h1-4,11-42H,5-6H3;1-4,11-38H,5-6H3. The molecule has 21 aromatic rings. The third-order valence-corrected chi connectivity index (χ3v) is 27.2. The van der Waals surface area contributed by atoms with E-state index in [1.165, 1.54) is 44.5 Å². The third kappa shape index (κ3) is 14.2. The lowest BCUT2D eigenvalue weighted by Crippen LogP contribution is -2.15. The average Bonchev–Trinajstić information content (AvgIpc) is 1.55. The van der Waals surface area contributed by atoms with Gasteiger partial charge in [-0.05, 0) is 226 Å². The highest BCUT2D eigenvalue weighted by Crippen LogP contribution is 2.55. The van der Waals surface area contributed by atoms with Crippen LogP contribution in [0.2, 0.25) is 0 Å². The van der Waals surface area contributed by atoms with Crippen molar-refractivity contribution in [2.24, 2.45) is 0 Å². The van der Waals surface area contributed by atoms with E-state index >= 15 is 0 Å². The quantitative estimate of drug-likeness (QED) is 0.107. The van der Waals surface area contributed by atoms with Crippen LogP contribution in [0, 0.1) is 98.8 Å². The van der Waals surface area contributed by atoms with Crippen molar-refractivity contribution in [2.75, 3.05) is 0 Å². The summed E-state index contributed by atoms with van der Waals surface area (Å²) in [6.07, 6.45) is 48.4. The molecule has 0 aliphatic heterocycles. The smallest absolute Gasteiger partial charge is 0.238 e. The second-order valence-corrected chi connectivity index (χ2v) is 35.5. The summed E-state index contributed by atoms with van der Waals surface area (Å²) in [4.78, 5) is 31.2. The first-order valence-corrected chi connectivity index (χ1v) is 45.4. The molecule has 0 amide bonds. The van der Waals surface area contributed by atoms with Crippen molar-refractivity contribution in [2.45, 2.75) is 38.5 Å². The topological polar surface area (TPSA) is 87.2 Å². The Labute approximate surface area is 802 Å². The zero-order chi connectivity index (χ0) is 94.2. The van der Waals surface area contributed by atoms with Gasteiger partial charge in [0.2, 0.25) is 11.9 Å². The molecule has 0 saturated heterocycles. The molecule has 0 bridgehead atoms. The molecule has 0 N–H and O–H groups in total. The lowest BCUT2D eigenvalue weighted by molar-refractivity contribution is 0.661. The van der Waals surface area contributed by atoms with Gasteiger partial charge in [0.25, 0.3) is 0 Å². The van der Waals surface area contributed by atoms with E-state index in [2.05, 4.69) is 272 Å². The summed E-state index contributed by atoms with van der Waals surface area (Å²) in [5, 5.41) is 4.53. The normalized spacial score (nSPS) is 12.1. The fraction of sp³-hybridized carbons (Fsp3) is 0.0462. The van der Waals surface area contributed by atoms with Gasteiger partial charge in [-0.15, -0.1) is 51.4 Å². The van der Waals surface area contributed by atoms with E-state index in [0.717, 1.165) is 144 Å². The monoisotopic (exact) mass is 1750 g/mol. The maximum absolute atomic E-state index is 6.18. The van der Waals surface area contributed by atoms with Crippen LogP contribution in [0.5, 0.6) is 0 Å². The zero-order valence-electron chi connectivity index (χ0n) is 75.8. The number of fused-ring (bicyclic) bond motifs is 12. The van der Waals surface area contributed by atoms with Gasteiger partial charge in [0.05, 0.1) is 22.1 Å². The van der Waals surface area contributed by atoms with Gasteiger partial charge < -0.3 is 0 Å². The summed E-state index contributed by atoms with van der Waals surface area (Å²) in [7, 11) is 0. The molecule has 138 heavy (non-hydrogen) atoms. The second-order valence-electron chi connectivity index (χ2n) is 35.5. The van der Waals surface area contributed by atoms with E-state index in [1.807, 2.05) is 176 Å². The number of hydrogen-bond acceptors (Lipinski definition) is 6. The Morgan fingerprint density at radius 3 is 0.957 bits per heavy atom. The molecule has 0 saturated carbocycles. The maximum Gasteiger partial charge on any atom is 0.238 e. The molecule has 2 aliphatic carbocycles. The fourth-order valence-corrected chi connectivity index (χ4v) is 20.4. The van der Waals surface area contributed by atoms with Crippen LogP contribution in [0.25, 0.3) is 201 Å². The first-order chi connectivity index (χ1) is 67.6. The minimum Gasteiger partial charge on any atom is -0.278 e. The van der Waals surface area contributed by atoms with Crippen molar-refractivity contribution in [1.82, 2.24) is 39.0 Å². The first-order valence-electron chi connectivity index (χ1n) is 45.4. The minimum absolute atomic E-state index is 0.197. The molecular weight excluding hydrogens is 1670 g/mol. The molecule has 0 radical (unpaired) electrons. The highest BCUT2D eigenvalue weighted by Gasteiger charge is 2.39. The summed E-state index contributed by atoms with van der Waals surface area (Å²) in [6, 6.07) is 125.